The number of benzene rings is 1. The van der Waals surface area contributed by atoms with Gasteiger partial charge in [-0.3, -0.25) is 9.80 Å². The predicted molar refractivity (Wildman–Crippen MR) is 79.3 cm³/mol. The first kappa shape index (κ1) is 19.0. The van der Waals surface area contributed by atoms with Crippen LogP contribution < -0.4 is 5.84 Å². The Balaban J connectivity index is 0. The van der Waals surface area contributed by atoms with E-state index in [2.05, 4.69) is 0 Å². The number of rotatable bonds is 0. The third-order valence-corrected chi connectivity index (χ3v) is 2.09. The third-order valence-electron chi connectivity index (χ3n) is 2.09. The molecular formula is C15H28N2O. The number of nitrogens with zero attached hydrogens (tertiary/aromatic N) is 1. The zero-order chi connectivity index (χ0) is 14.7. The van der Waals surface area contributed by atoms with Gasteiger partial charge in [0.25, 0.3) is 5.91 Å². The molecule has 3 nitrogen and oxygen atoms in total. The largest absolute Gasteiger partial charge is 0.272 e. The van der Waals surface area contributed by atoms with E-state index in [4.69, 9.17) is 5.84 Å². The minimum atomic E-state index is -0.0787. The van der Waals surface area contributed by atoms with Crippen molar-refractivity contribution < 1.29 is 4.79 Å². The van der Waals surface area contributed by atoms with Gasteiger partial charge in [0.2, 0.25) is 0 Å². The van der Waals surface area contributed by atoms with Gasteiger partial charge in [-0.2, -0.15) is 0 Å². The highest BCUT2D eigenvalue weighted by Gasteiger charge is 2.24. The van der Waals surface area contributed by atoms with Crippen molar-refractivity contribution >= 4 is 5.91 Å². The SMILES string of the molecule is CC.CC.CC.Cc1ccc2c(c1)CN(N)C2=O. The Labute approximate surface area is 112 Å². The zero-order valence-corrected chi connectivity index (χ0v) is 12.9. The molecule has 0 spiro atoms. The highest BCUT2D eigenvalue weighted by atomic mass is 16.2. The molecule has 0 saturated carbocycles. The number of carbonyl (C=O) groups excluding carboxylic acids is 1. The summed E-state index contributed by atoms with van der Waals surface area (Å²) in [5.74, 6) is 5.38. The van der Waals surface area contributed by atoms with Gasteiger partial charge in [0, 0.05) is 5.56 Å². The molecule has 1 aliphatic rings. The van der Waals surface area contributed by atoms with Crippen LogP contribution in [0, 0.1) is 6.92 Å². The topological polar surface area (TPSA) is 46.3 Å². The zero-order valence-electron chi connectivity index (χ0n) is 12.9. The van der Waals surface area contributed by atoms with Gasteiger partial charge in [0.15, 0.2) is 0 Å². The van der Waals surface area contributed by atoms with E-state index in [9.17, 15) is 4.79 Å². The van der Waals surface area contributed by atoms with Crippen molar-refractivity contribution in [3.05, 3.63) is 34.9 Å². The summed E-state index contributed by atoms with van der Waals surface area (Å²) < 4.78 is 0. The molecule has 18 heavy (non-hydrogen) atoms. The highest BCUT2D eigenvalue weighted by molar-refractivity contribution is 5.97. The number of hydrogen-bond donors (Lipinski definition) is 1. The molecule has 1 heterocycles. The fourth-order valence-corrected chi connectivity index (χ4v) is 1.47. The van der Waals surface area contributed by atoms with Crippen LogP contribution in [-0.2, 0) is 6.54 Å². The number of nitrogens with two attached hydrogens (primary N) is 1. The summed E-state index contributed by atoms with van der Waals surface area (Å²) in [5.41, 5.74) is 2.93. The maximum Gasteiger partial charge on any atom is 0.268 e. The molecule has 1 aliphatic heterocycles. The summed E-state index contributed by atoms with van der Waals surface area (Å²) >= 11 is 0. The lowest BCUT2D eigenvalue weighted by Crippen LogP contribution is -2.30. The minimum absolute atomic E-state index is 0.0787. The lowest BCUT2D eigenvalue weighted by atomic mass is 10.1. The van der Waals surface area contributed by atoms with E-state index in [0.29, 0.717) is 6.54 Å². The summed E-state index contributed by atoms with van der Waals surface area (Å²) in [4.78, 5) is 11.3. The summed E-state index contributed by atoms with van der Waals surface area (Å²) in [5, 5.41) is 1.24. The van der Waals surface area contributed by atoms with E-state index in [1.807, 2.05) is 66.7 Å². The van der Waals surface area contributed by atoms with E-state index in [-0.39, 0.29) is 5.91 Å². The second kappa shape index (κ2) is 10.8. The first-order valence-corrected chi connectivity index (χ1v) is 6.84. The van der Waals surface area contributed by atoms with Crippen LogP contribution in [-0.4, -0.2) is 10.9 Å². The van der Waals surface area contributed by atoms with Crippen molar-refractivity contribution in [2.24, 2.45) is 5.84 Å². The molecule has 0 unspecified atom stereocenters. The second-order valence-electron chi connectivity index (χ2n) is 3.09. The monoisotopic (exact) mass is 252 g/mol. The number of fused-ring (bicyclic) bond motifs is 1. The molecule has 0 atom stereocenters. The van der Waals surface area contributed by atoms with Gasteiger partial charge >= 0.3 is 0 Å². The highest BCUT2D eigenvalue weighted by Crippen LogP contribution is 2.20. The van der Waals surface area contributed by atoms with Crippen LogP contribution in [0.2, 0.25) is 0 Å². The normalized spacial score (nSPS) is 11.1. The van der Waals surface area contributed by atoms with Crippen LogP contribution in [0.3, 0.4) is 0 Å². The number of carbonyl (C=O) groups is 1. The molecule has 1 amide bonds. The predicted octanol–water partition coefficient (Wildman–Crippen LogP) is 3.90. The average molecular weight is 252 g/mol. The maximum absolute atomic E-state index is 11.3. The fourth-order valence-electron chi connectivity index (χ4n) is 1.47. The van der Waals surface area contributed by atoms with Crippen molar-refractivity contribution in [2.45, 2.75) is 55.0 Å². The molecule has 3 heteroatoms. The van der Waals surface area contributed by atoms with Crippen molar-refractivity contribution in [3.63, 3.8) is 0 Å². The van der Waals surface area contributed by atoms with Gasteiger partial charge in [-0.25, -0.2) is 5.84 Å². The number of amides is 1. The van der Waals surface area contributed by atoms with Gasteiger partial charge in [-0.1, -0.05) is 59.2 Å². The van der Waals surface area contributed by atoms with Gasteiger partial charge in [0.05, 0.1) is 6.54 Å². The van der Waals surface area contributed by atoms with Crippen molar-refractivity contribution in [3.8, 4) is 0 Å². The Morgan fingerprint density at radius 1 is 1.06 bits per heavy atom. The van der Waals surface area contributed by atoms with Crippen LogP contribution in [0.1, 0.15) is 63.0 Å². The van der Waals surface area contributed by atoms with E-state index < -0.39 is 0 Å². The summed E-state index contributed by atoms with van der Waals surface area (Å²) in [6.45, 7) is 14.5. The van der Waals surface area contributed by atoms with E-state index >= 15 is 0 Å². The van der Waals surface area contributed by atoms with E-state index in [0.717, 1.165) is 16.7 Å². The molecule has 0 fully saturated rings. The van der Waals surface area contributed by atoms with Crippen molar-refractivity contribution in [1.29, 1.82) is 0 Å². The van der Waals surface area contributed by atoms with Crippen LogP contribution in [0.25, 0.3) is 0 Å². The Morgan fingerprint density at radius 2 is 1.56 bits per heavy atom. The molecule has 0 saturated heterocycles. The Kier molecular flexibility index (Phi) is 11.4. The quantitative estimate of drug-likeness (QED) is 0.562. The lowest BCUT2D eigenvalue weighted by molar-refractivity contribution is 0.0778. The van der Waals surface area contributed by atoms with E-state index in [1.165, 1.54) is 5.01 Å². The second-order valence-corrected chi connectivity index (χ2v) is 3.09. The molecule has 104 valence electrons. The summed E-state index contributed by atoms with van der Waals surface area (Å²) in [6, 6.07) is 5.76. The molecule has 1 aromatic rings. The molecule has 2 rings (SSSR count). The molecule has 0 bridgehead atoms. The molecule has 0 aromatic heterocycles. The Bertz CT molecular complexity index is 348. The molecular weight excluding hydrogens is 224 g/mol. The first-order chi connectivity index (χ1) is 8.68. The maximum atomic E-state index is 11.3. The molecule has 1 aromatic carbocycles. The Morgan fingerprint density at radius 3 is 2.06 bits per heavy atom. The fraction of sp³-hybridized carbons (Fsp3) is 0.533. The molecule has 2 N–H and O–H groups in total. The van der Waals surface area contributed by atoms with E-state index in [1.54, 1.807) is 0 Å². The first-order valence-electron chi connectivity index (χ1n) is 6.84. The van der Waals surface area contributed by atoms with Gasteiger partial charge in [0.1, 0.15) is 0 Å². The van der Waals surface area contributed by atoms with Crippen molar-refractivity contribution in [2.75, 3.05) is 0 Å². The van der Waals surface area contributed by atoms with Crippen LogP contribution in [0.4, 0.5) is 0 Å². The van der Waals surface area contributed by atoms with Gasteiger partial charge in [-0.05, 0) is 18.6 Å². The average Bonchev–Trinajstić information content (AvgIpc) is 2.71. The number of hydrazine groups is 1. The lowest BCUT2D eigenvalue weighted by Gasteiger charge is -2.04. The third kappa shape index (κ3) is 4.88. The standard InChI is InChI=1S/C9H10N2O.3C2H6/c1-6-2-3-8-7(4-6)5-11(10)9(8)12;3*1-2/h2-4H,5,10H2,1H3;3*1-2H3. The molecule has 0 aliphatic carbocycles. The van der Waals surface area contributed by atoms with Crippen LogP contribution >= 0.6 is 0 Å². The minimum Gasteiger partial charge on any atom is -0.272 e. The smallest absolute Gasteiger partial charge is 0.268 e. The number of aryl methyl sites for hydroxylation is 1. The van der Waals surface area contributed by atoms with Gasteiger partial charge in [-0.15, -0.1) is 0 Å². The summed E-state index contributed by atoms with van der Waals surface area (Å²) in [7, 11) is 0. The molecule has 0 radical (unpaired) electrons. The van der Waals surface area contributed by atoms with Crippen LogP contribution in [0.5, 0.6) is 0 Å². The number of hydrogen-bond acceptors (Lipinski definition) is 2. The van der Waals surface area contributed by atoms with Crippen molar-refractivity contribution in [1.82, 2.24) is 5.01 Å². The van der Waals surface area contributed by atoms with Gasteiger partial charge < -0.3 is 0 Å². The van der Waals surface area contributed by atoms with Crippen LogP contribution in [0.15, 0.2) is 18.2 Å². The Hall–Kier alpha value is -1.35. The summed E-state index contributed by atoms with van der Waals surface area (Å²) in [6.07, 6.45) is 0.